The summed E-state index contributed by atoms with van der Waals surface area (Å²) in [5, 5.41) is 4.65. The Bertz CT molecular complexity index is 442. The van der Waals surface area contributed by atoms with Crippen LogP contribution in [-0.2, 0) is 6.54 Å². The van der Waals surface area contributed by atoms with E-state index in [-0.39, 0.29) is 0 Å². The van der Waals surface area contributed by atoms with Crippen molar-refractivity contribution in [3.8, 4) is 0 Å². The normalized spacial score (nSPS) is 11.2. The number of hydrogen-bond acceptors (Lipinski definition) is 2. The number of para-hydroxylation sites is 1. The predicted octanol–water partition coefficient (Wildman–Crippen LogP) is 4.88. The van der Waals surface area contributed by atoms with Gasteiger partial charge < -0.3 is 9.73 Å². The van der Waals surface area contributed by atoms with Crippen molar-refractivity contribution in [3.05, 3.63) is 36.1 Å². The molecule has 1 aromatic carbocycles. The first kappa shape index (κ1) is 14.1. The van der Waals surface area contributed by atoms with E-state index in [4.69, 9.17) is 4.42 Å². The molecule has 2 nitrogen and oxygen atoms in total. The SMILES string of the molecule is CCCCCCCCNCc1cc2ccccc2o1. The predicted molar refractivity (Wildman–Crippen MR) is 81.3 cm³/mol. The van der Waals surface area contributed by atoms with E-state index < -0.39 is 0 Å². The highest BCUT2D eigenvalue weighted by Crippen LogP contribution is 2.18. The first-order valence-corrected chi connectivity index (χ1v) is 7.58. The number of fused-ring (bicyclic) bond motifs is 1. The zero-order valence-electron chi connectivity index (χ0n) is 12.0. The molecule has 1 heterocycles. The zero-order valence-corrected chi connectivity index (χ0v) is 12.0. The van der Waals surface area contributed by atoms with E-state index in [0.717, 1.165) is 24.4 Å². The van der Waals surface area contributed by atoms with Gasteiger partial charge in [0.1, 0.15) is 11.3 Å². The van der Waals surface area contributed by atoms with Gasteiger partial charge in [-0.25, -0.2) is 0 Å². The van der Waals surface area contributed by atoms with Crippen molar-refractivity contribution < 1.29 is 4.42 Å². The van der Waals surface area contributed by atoms with Crippen LogP contribution in [0.4, 0.5) is 0 Å². The maximum Gasteiger partial charge on any atom is 0.134 e. The number of benzene rings is 1. The van der Waals surface area contributed by atoms with Gasteiger partial charge in [-0.2, -0.15) is 0 Å². The second-order valence-corrected chi connectivity index (χ2v) is 5.20. The lowest BCUT2D eigenvalue weighted by Gasteiger charge is -2.02. The molecule has 2 heteroatoms. The van der Waals surface area contributed by atoms with Gasteiger partial charge in [-0.1, -0.05) is 57.2 Å². The van der Waals surface area contributed by atoms with Crippen LogP contribution in [0.25, 0.3) is 11.0 Å². The molecular weight excluding hydrogens is 234 g/mol. The van der Waals surface area contributed by atoms with Crippen molar-refractivity contribution in [3.63, 3.8) is 0 Å². The quantitative estimate of drug-likeness (QED) is 0.649. The summed E-state index contributed by atoms with van der Waals surface area (Å²) in [4.78, 5) is 0. The fourth-order valence-electron chi connectivity index (χ4n) is 2.37. The van der Waals surface area contributed by atoms with Crippen LogP contribution in [0.1, 0.15) is 51.2 Å². The van der Waals surface area contributed by atoms with Crippen molar-refractivity contribution in [1.82, 2.24) is 5.32 Å². The highest BCUT2D eigenvalue weighted by molar-refractivity contribution is 5.77. The molecule has 0 fully saturated rings. The Morgan fingerprint density at radius 1 is 1.00 bits per heavy atom. The minimum Gasteiger partial charge on any atom is -0.460 e. The van der Waals surface area contributed by atoms with Crippen molar-refractivity contribution >= 4 is 11.0 Å². The van der Waals surface area contributed by atoms with Crippen LogP contribution in [0.5, 0.6) is 0 Å². The molecule has 19 heavy (non-hydrogen) atoms. The summed E-state index contributed by atoms with van der Waals surface area (Å²) in [5.74, 6) is 1.03. The van der Waals surface area contributed by atoms with Gasteiger partial charge in [0, 0.05) is 5.39 Å². The molecule has 0 aliphatic carbocycles. The maximum absolute atomic E-state index is 5.77. The minimum absolute atomic E-state index is 0.837. The molecule has 0 amide bonds. The highest BCUT2D eigenvalue weighted by atomic mass is 16.3. The molecule has 0 spiro atoms. The van der Waals surface area contributed by atoms with Crippen LogP contribution in [-0.4, -0.2) is 6.54 Å². The number of nitrogens with one attached hydrogen (secondary N) is 1. The van der Waals surface area contributed by atoms with Crippen molar-refractivity contribution in [2.45, 2.75) is 52.0 Å². The van der Waals surface area contributed by atoms with Gasteiger partial charge in [-0.05, 0) is 25.1 Å². The molecule has 2 aromatic rings. The Morgan fingerprint density at radius 3 is 2.63 bits per heavy atom. The van der Waals surface area contributed by atoms with Gasteiger partial charge in [-0.15, -0.1) is 0 Å². The Balaban J connectivity index is 1.60. The molecule has 2 rings (SSSR count). The first-order chi connectivity index (χ1) is 9.40. The standard InChI is InChI=1S/C17H25NO/c1-2-3-4-5-6-9-12-18-14-16-13-15-10-7-8-11-17(15)19-16/h7-8,10-11,13,18H,2-6,9,12,14H2,1H3. The van der Waals surface area contributed by atoms with Crippen molar-refractivity contribution in [2.75, 3.05) is 6.54 Å². The van der Waals surface area contributed by atoms with Crippen LogP contribution in [0.15, 0.2) is 34.7 Å². The Kier molecular flexibility index (Phi) is 5.96. The van der Waals surface area contributed by atoms with Gasteiger partial charge in [-0.3, -0.25) is 0 Å². The molecule has 0 bridgehead atoms. The van der Waals surface area contributed by atoms with Gasteiger partial charge in [0.2, 0.25) is 0 Å². The molecule has 0 aliphatic heterocycles. The second-order valence-electron chi connectivity index (χ2n) is 5.20. The summed E-state index contributed by atoms with van der Waals surface area (Å²) in [5.41, 5.74) is 0.985. The Hall–Kier alpha value is -1.28. The zero-order chi connectivity index (χ0) is 13.3. The van der Waals surface area contributed by atoms with Crippen molar-refractivity contribution in [2.24, 2.45) is 0 Å². The summed E-state index contributed by atoms with van der Waals surface area (Å²) >= 11 is 0. The van der Waals surface area contributed by atoms with E-state index in [1.165, 1.54) is 43.9 Å². The summed E-state index contributed by atoms with van der Waals surface area (Å²) in [6, 6.07) is 10.3. The van der Waals surface area contributed by atoms with Gasteiger partial charge >= 0.3 is 0 Å². The Morgan fingerprint density at radius 2 is 1.79 bits per heavy atom. The monoisotopic (exact) mass is 259 g/mol. The molecule has 0 saturated carbocycles. The number of unbranched alkanes of at least 4 members (excludes halogenated alkanes) is 5. The summed E-state index contributed by atoms with van der Waals surface area (Å²) in [7, 11) is 0. The minimum atomic E-state index is 0.837. The molecule has 1 aromatic heterocycles. The lowest BCUT2D eigenvalue weighted by atomic mass is 10.1. The number of furan rings is 1. The summed E-state index contributed by atoms with van der Waals surface area (Å²) in [6.45, 7) is 4.18. The van der Waals surface area contributed by atoms with E-state index in [2.05, 4.69) is 24.4 Å². The van der Waals surface area contributed by atoms with Gasteiger partial charge in [0.15, 0.2) is 0 Å². The third kappa shape index (κ3) is 4.71. The molecule has 0 unspecified atom stereocenters. The fraction of sp³-hybridized carbons (Fsp3) is 0.529. The molecule has 0 saturated heterocycles. The maximum atomic E-state index is 5.77. The summed E-state index contributed by atoms with van der Waals surface area (Å²) in [6.07, 6.45) is 8.08. The average molecular weight is 259 g/mol. The van der Waals surface area contributed by atoms with E-state index in [9.17, 15) is 0 Å². The van der Waals surface area contributed by atoms with Crippen LogP contribution in [0, 0.1) is 0 Å². The van der Waals surface area contributed by atoms with Crippen LogP contribution < -0.4 is 5.32 Å². The van der Waals surface area contributed by atoms with Crippen LogP contribution in [0.2, 0.25) is 0 Å². The molecule has 0 atom stereocenters. The molecule has 0 radical (unpaired) electrons. The number of hydrogen-bond donors (Lipinski definition) is 1. The first-order valence-electron chi connectivity index (χ1n) is 7.58. The highest BCUT2D eigenvalue weighted by Gasteiger charge is 2.01. The molecular formula is C17H25NO. The third-order valence-corrected chi connectivity index (χ3v) is 3.48. The third-order valence-electron chi connectivity index (χ3n) is 3.48. The number of rotatable bonds is 9. The fourth-order valence-corrected chi connectivity index (χ4v) is 2.37. The average Bonchev–Trinajstić information content (AvgIpc) is 2.84. The Labute approximate surface area is 116 Å². The van der Waals surface area contributed by atoms with Crippen LogP contribution >= 0.6 is 0 Å². The van der Waals surface area contributed by atoms with E-state index in [1.54, 1.807) is 0 Å². The molecule has 104 valence electrons. The molecule has 0 aliphatic rings. The van der Waals surface area contributed by atoms with Gasteiger partial charge in [0.25, 0.3) is 0 Å². The van der Waals surface area contributed by atoms with Gasteiger partial charge in [0.05, 0.1) is 6.54 Å². The topological polar surface area (TPSA) is 25.2 Å². The van der Waals surface area contributed by atoms with Crippen LogP contribution in [0.3, 0.4) is 0 Å². The second kappa shape index (κ2) is 8.00. The van der Waals surface area contributed by atoms with E-state index in [0.29, 0.717) is 0 Å². The van der Waals surface area contributed by atoms with E-state index >= 15 is 0 Å². The summed E-state index contributed by atoms with van der Waals surface area (Å²) < 4.78 is 5.77. The smallest absolute Gasteiger partial charge is 0.134 e. The van der Waals surface area contributed by atoms with E-state index in [1.807, 2.05) is 18.2 Å². The lowest BCUT2D eigenvalue weighted by molar-refractivity contribution is 0.502. The largest absolute Gasteiger partial charge is 0.460 e. The lowest BCUT2D eigenvalue weighted by Crippen LogP contribution is -2.14. The van der Waals surface area contributed by atoms with Crippen molar-refractivity contribution in [1.29, 1.82) is 0 Å². The molecule has 1 N–H and O–H groups in total.